The van der Waals surface area contributed by atoms with Gasteiger partial charge in [-0.25, -0.2) is 4.39 Å². The van der Waals surface area contributed by atoms with Crippen LogP contribution >= 0.6 is 11.6 Å². The normalized spacial score (nSPS) is 10.3. The third-order valence-electron chi connectivity index (χ3n) is 2.57. The Balaban J connectivity index is 2.25. The standard InChI is InChI=1S/C14H11ClFNO2/c1-8-2-4-10(11(15)6-8)14(19)17-13-5-3-9(18)7-12(13)16/h2-7,18H,1H3,(H,17,19). The smallest absolute Gasteiger partial charge is 0.257 e. The Hall–Kier alpha value is -2.07. The predicted octanol–water partition coefficient (Wildman–Crippen LogP) is 3.75. The first-order chi connectivity index (χ1) is 8.97. The van der Waals surface area contributed by atoms with Gasteiger partial charge < -0.3 is 10.4 Å². The molecule has 98 valence electrons. The zero-order valence-corrected chi connectivity index (χ0v) is 10.8. The summed E-state index contributed by atoms with van der Waals surface area (Å²) in [5.74, 6) is -1.42. The van der Waals surface area contributed by atoms with Crippen molar-refractivity contribution in [3.05, 3.63) is 58.4 Å². The molecule has 0 aliphatic rings. The van der Waals surface area contributed by atoms with E-state index < -0.39 is 11.7 Å². The zero-order chi connectivity index (χ0) is 14.0. The van der Waals surface area contributed by atoms with Crippen molar-refractivity contribution >= 4 is 23.2 Å². The monoisotopic (exact) mass is 279 g/mol. The fraction of sp³-hybridized carbons (Fsp3) is 0.0714. The number of rotatable bonds is 2. The molecule has 0 aliphatic carbocycles. The highest BCUT2D eigenvalue weighted by Crippen LogP contribution is 2.22. The van der Waals surface area contributed by atoms with Crippen molar-refractivity contribution in [2.45, 2.75) is 6.92 Å². The summed E-state index contributed by atoms with van der Waals surface area (Å²) < 4.78 is 13.5. The van der Waals surface area contributed by atoms with Crippen molar-refractivity contribution < 1.29 is 14.3 Å². The van der Waals surface area contributed by atoms with Crippen LogP contribution in [0.4, 0.5) is 10.1 Å². The van der Waals surface area contributed by atoms with E-state index in [0.717, 1.165) is 11.6 Å². The summed E-state index contributed by atoms with van der Waals surface area (Å²) in [4.78, 5) is 12.0. The lowest BCUT2D eigenvalue weighted by Crippen LogP contribution is -2.13. The Morgan fingerprint density at radius 2 is 2.00 bits per heavy atom. The van der Waals surface area contributed by atoms with Gasteiger partial charge in [-0.05, 0) is 36.8 Å². The summed E-state index contributed by atoms with van der Waals surface area (Å²) in [6.45, 7) is 1.85. The molecular formula is C14H11ClFNO2. The number of aromatic hydroxyl groups is 1. The molecule has 0 saturated heterocycles. The van der Waals surface area contributed by atoms with Gasteiger partial charge in [-0.1, -0.05) is 17.7 Å². The highest BCUT2D eigenvalue weighted by Gasteiger charge is 2.12. The molecule has 3 nitrogen and oxygen atoms in total. The molecule has 0 spiro atoms. The van der Waals surface area contributed by atoms with Crippen molar-refractivity contribution in [3.63, 3.8) is 0 Å². The maximum Gasteiger partial charge on any atom is 0.257 e. The number of amides is 1. The lowest BCUT2D eigenvalue weighted by Gasteiger charge is -2.08. The summed E-state index contributed by atoms with van der Waals surface area (Å²) >= 11 is 5.96. The Morgan fingerprint density at radius 3 is 2.63 bits per heavy atom. The van der Waals surface area contributed by atoms with Crippen LogP contribution in [0.5, 0.6) is 5.75 Å². The molecule has 5 heteroatoms. The average Bonchev–Trinajstić information content (AvgIpc) is 2.32. The van der Waals surface area contributed by atoms with Crippen LogP contribution in [-0.4, -0.2) is 11.0 Å². The number of carbonyl (C=O) groups excluding carboxylic acids is 1. The minimum atomic E-state index is -0.711. The fourth-order valence-corrected chi connectivity index (χ4v) is 1.92. The second-order valence-electron chi connectivity index (χ2n) is 4.10. The van der Waals surface area contributed by atoms with Gasteiger partial charge in [0.15, 0.2) is 0 Å². The van der Waals surface area contributed by atoms with Crippen molar-refractivity contribution in [1.82, 2.24) is 0 Å². The first kappa shape index (κ1) is 13.4. The third kappa shape index (κ3) is 3.03. The van der Waals surface area contributed by atoms with Crippen LogP contribution in [0, 0.1) is 12.7 Å². The van der Waals surface area contributed by atoms with Gasteiger partial charge >= 0.3 is 0 Å². The van der Waals surface area contributed by atoms with E-state index >= 15 is 0 Å². The molecule has 0 radical (unpaired) electrons. The summed E-state index contributed by atoms with van der Waals surface area (Å²) in [5.41, 5.74) is 1.18. The molecule has 2 aromatic carbocycles. The minimum absolute atomic E-state index is 0.0144. The van der Waals surface area contributed by atoms with Crippen LogP contribution in [0.25, 0.3) is 0 Å². The molecule has 0 bridgehead atoms. The molecule has 2 rings (SSSR count). The number of aryl methyl sites for hydroxylation is 1. The van der Waals surface area contributed by atoms with Crippen molar-refractivity contribution in [3.8, 4) is 5.75 Å². The molecule has 2 aromatic rings. The first-order valence-electron chi connectivity index (χ1n) is 5.53. The van der Waals surface area contributed by atoms with Crippen LogP contribution in [0.3, 0.4) is 0 Å². The number of benzene rings is 2. The highest BCUT2D eigenvalue weighted by atomic mass is 35.5. The van der Waals surface area contributed by atoms with Gasteiger partial charge in [0, 0.05) is 6.07 Å². The number of hydrogen-bond donors (Lipinski definition) is 2. The third-order valence-corrected chi connectivity index (χ3v) is 2.88. The summed E-state index contributed by atoms with van der Waals surface area (Å²) in [6, 6.07) is 8.47. The Labute approximate surface area is 114 Å². The lowest BCUT2D eigenvalue weighted by atomic mass is 10.1. The van der Waals surface area contributed by atoms with Gasteiger partial charge in [0.1, 0.15) is 11.6 Å². The summed E-state index contributed by atoms with van der Waals surface area (Å²) in [5, 5.41) is 11.8. The number of hydrogen-bond acceptors (Lipinski definition) is 2. The van der Waals surface area contributed by atoms with E-state index in [0.29, 0.717) is 5.02 Å². The Bertz CT molecular complexity index is 643. The van der Waals surface area contributed by atoms with E-state index in [1.165, 1.54) is 12.1 Å². The van der Waals surface area contributed by atoms with Crippen LogP contribution in [-0.2, 0) is 0 Å². The maximum absolute atomic E-state index is 13.5. The average molecular weight is 280 g/mol. The largest absolute Gasteiger partial charge is 0.508 e. The second-order valence-corrected chi connectivity index (χ2v) is 4.51. The first-order valence-corrected chi connectivity index (χ1v) is 5.91. The molecular weight excluding hydrogens is 269 g/mol. The van der Waals surface area contributed by atoms with Crippen LogP contribution in [0.1, 0.15) is 15.9 Å². The van der Waals surface area contributed by atoms with E-state index in [1.807, 2.05) is 6.92 Å². The quantitative estimate of drug-likeness (QED) is 0.823. The van der Waals surface area contributed by atoms with Gasteiger partial charge in [-0.3, -0.25) is 4.79 Å². The van der Waals surface area contributed by atoms with E-state index in [4.69, 9.17) is 16.7 Å². The number of halogens is 2. The van der Waals surface area contributed by atoms with E-state index in [-0.39, 0.29) is 17.0 Å². The number of phenols is 1. The van der Waals surface area contributed by atoms with Crippen LogP contribution in [0.2, 0.25) is 5.02 Å². The van der Waals surface area contributed by atoms with Crippen LogP contribution in [0.15, 0.2) is 36.4 Å². The topological polar surface area (TPSA) is 49.3 Å². The second kappa shape index (κ2) is 5.28. The number of phenolic OH excluding ortho intramolecular Hbond substituents is 1. The van der Waals surface area contributed by atoms with Crippen LogP contribution < -0.4 is 5.32 Å². The molecule has 0 aromatic heterocycles. The van der Waals surface area contributed by atoms with Gasteiger partial charge in [-0.15, -0.1) is 0 Å². The fourth-order valence-electron chi connectivity index (χ4n) is 1.60. The molecule has 0 heterocycles. The summed E-state index contributed by atoms with van der Waals surface area (Å²) in [7, 11) is 0. The minimum Gasteiger partial charge on any atom is -0.508 e. The molecule has 0 atom stereocenters. The van der Waals surface area contributed by atoms with E-state index in [9.17, 15) is 9.18 Å². The van der Waals surface area contributed by atoms with Gasteiger partial charge in [-0.2, -0.15) is 0 Å². The highest BCUT2D eigenvalue weighted by molar-refractivity contribution is 6.34. The van der Waals surface area contributed by atoms with Gasteiger partial charge in [0.2, 0.25) is 0 Å². The summed E-state index contributed by atoms with van der Waals surface area (Å²) in [6.07, 6.45) is 0. The van der Waals surface area contributed by atoms with Crippen molar-refractivity contribution in [2.24, 2.45) is 0 Å². The number of carbonyl (C=O) groups is 1. The number of anilines is 1. The molecule has 0 unspecified atom stereocenters. The van der Waals surface area contributed by atoms with E-state index in [2.05, 4.69) is 5.32 Å². The molecule has 2 N–H and O–H groups in total. The van der Waals surface area contributed by atoms with Crippen molar-refractivity contribution in [1.29, 1.82) is 0 Å². The molecule has 0 fully saturated rings. The SMILES string of the molecule is Cc1ccc(C(=O)Nc2ccc(O)cc2F)c(Cl)c1. The number of nitrogens with one attached hydrogen (secondary N) is 1. The zero-order valence-electron chi connectivity index (χ0n) is 10.1. The van der Waals surface area contributed by atoms with Crippen molar-refractivity contribution in [2.75, 3.05) is 5.32 Å². The van der Waals surface area contributed by atoms with Gasteiger partial charge in [0.25, 0.3) is 5.91 Å². The molecule has 1 amide bonds. The predicted molar refractivity (Wildman–Crippen MR) is 72.2 cm³/mol. The van der Waals surface area contributed by atoms with E-state index in [1.54, 1.807) is 18.2 Å². The lowest BCUT2D eigenvalue weighted by molar-refractivity contribution is 0.102. The Kier molecular flexibility index (Phi) is 3.71. The Morgan fingerprint density at radius 1 is 1.26 bits per heavy atom. The van der Waals surface area contributed by atoms with Gasteiger partial charge in [0.05, 0.1) is 16.3 Å². The molecule has 0 saturated carbocycles. The maximum atomic E-state index is 13.5. The molecule has 0 aliphatic heterocycles. The molecule has 19 heavy (non-hydrogen) atoms.